The van der Waals surface area contributed by atoms with Crippen LogP contribution in [0.4, 0.5) is 5.13 Å². The summed E-state index contributed by atoms with van der Waals surface area (Å²) < 4.78 is 0. The van der Waals surface area contributed by atoms with Crippen LogP contribution in [0, 0.1) is 0 Å². The molecule has 3 amide bonds. The van der Waals surface area contributed by atoms with Gasteiger partial charge in [-0.2, -0.15) is 0 Å². The number of unbranched alkanes of at least 4 members (excludes halogenated alkanes) is 1. The third-order valence-electron chi connectivity index (χ3n) is 4.87. The van der Waals surface area contributed by atoms with Gasteiger partial charge in [0.15, 0.2) is 5.13 Å². The molecule has 0 radical (unpaired) electrons. The van der Waals surface area contributed by atoms with Crippen LogP contribution in [0.15, 0.2) is 30.5 Å². The number of amides is 3. The summed E-state index contributed by atoms with van der Waals surface area (Å²) in [4.78, 5) is 45.5. The van der Waals surface area contributed by atoms with Gasteiger partial charge in [-0.1, -0.05) is 25.5 Å². The van der Waals surface area contributed by atoms with E-state index in [0.29, 0.717) is 42.2 Å². The van der Waals surface area contributed by atoms with Crippen molar-refractivity contribution in [3.05, 3.63) is 46.5 Å². The van der Waals surface area contributed by atoms with Crippen LogP contribution in [0.2, 0.25) is 0 Å². The number of aromatic nitrogens is 1. The second kappa shape index (κ2) is 9.76. The molecule has 0 spiro atoms. The summed E-state index contributed by atoms with van der Waals surface area (Å²) >= 11 is 1.37. The number of imide groups is 1. The molecule has 1 N–H and O–H groups in total. The van der Waals surface area contributed by atoms with Crippen LogP contribution in [0.3, 0.4) is 0 Å². The molecule has 0 aliphatic carbocycles. The van der Waals surface area contributed by atoms with E-state index in [-0.39, 0.29) is 17.7 Å². The van der Waals surface area contributed by atoms with E-state index in [4.69, 9.17) is 0 Å². The van der Waals surface area contributed by atoms with Crippen LogP contribution in [-0.4, -0.2) is 59.2 Å². The van der Waals surface area contributed by atoms with Gasteiger partial charge in [0.2, 0.25) is 5.91 Å². The van der Waals surface area contributed by atoms with Gasteiger partial charge in [0.1, 0.15) is 0 Å². The number of anilines is 1. The minimum absolute atomic E-state index is 0.0606. The molecule has 1 aliphatic heterocycles. The Morgan fingerprint density at radius 2 is 1.86 bits per heavy atom. The lowest BCUT2D eigenvalue weighted by molar-refractivity contribution is -0.116. The topological polar surface area (TPSA) is 82.6 Å². The van der Waals surface area contributed by atoms with Crippen LogP contribution in [0.25, 0.3) is 0 Å². The van der Waals surface area contributed by atoms with E-state index >= 15 is 0 Å². The fraction of sp³-hybridized carbons (Fsp3) is 0.429. The molecule has 0 saturated carbocycles. The highest BCUT2D eigenvalue weighted by molar-refractivity contribution is 7.15. The van der Waals surface area contributed by atoms with Crippen molar-refractivity contribution in [1.82, 2.24) is 14.8 Å². The minimum atomic E-state index is -0.254. The number of thiazole rings is 1. The standard InChI is InChI=1S/C21H26N4O3S/c1-3-4-11-24(2)12-10-18(26)23-21-22-14-15(29-21)9-13-25-19(27)16-7-5-6-8-17(16)20(25)28/h5-8,14H,3-4,9-13H2,1-2H3,(H,22,23,26). The van der Waals surface area contributed by atoms with Crippen molar-refractivity contribution in [2.75, 3.05) is 32.0 Å². The maximum Gasteiger partial charge on any atom is 0.261 e. The molecule has 1 aromatic heterocycles. The zero-order valence-electron chi connectivity index (χ0n) is 16.8. The highest BCUT2D eigenvalue weighted by atomic mass is 32.1. The van der Waals surface area contributed by atoms with E-state index in [1.54, 1.807) is 30.5 Å². The van der Waals surface area contributed by atoms with E-state index in [9.17, 15) is 14.4 Å². The summed E-state index contributed by atoms with van der Waals surface area (Å²) in [5.41, 5.74) is 0.914. The van der Waals surface area contributed by atoms with Crippen molar-refractivity contribution in [3.63, 3.8) is 0 Å². The second-order valence-corrected chi connectivity index (χ2v) is 8.26. The third kappa shape index (κ3) is 5.27. The molecule has 3 rings (SSSR count). The van der Waals surface area contributed by atoms with Crippen molar-refractivity contribution in [1.29, 1.82) is 0 Å². The molecule has 2 aromatic rings. The molecule has 1 aliphatic rings. The first-order valence-electron chi connectivity index (χ1n) is 9.88. The first-order valence-corrected chi connectivity index (χ1v) is 10.7. The quantitative estimate of drug-likeness (QED) is 0.604. The van der Waals surface area contributed by atoms with Gasteiger partial charge in [0.25, 0.3) is 11.8 Å². The van der Waals surface area contributed by atoms with Crippen LogP contribution >= 0.6 is 11.3 Å². The Kier molecular flexibility index (Phi) is 7.11. The van der Waals surface area contributed by atoms with Gasteiger partial charge < -0.3 is 10.2 Å². The smallest absolute Gasteiger partial charge is 0.261 e. The van der Waals surface area contributed by atoms with Gasteiger partial charge in [-0.15, -0.1) is 11.3 Å². The van der Waals surface area contributed by atoms with Gasteiger partial charge in [0, 0.05) is 37.0 Å². The Morgan fingerprint density at radius 1 is 1.17 bits per heavy atom. The molecule has 0 unspecified atom stereocenters. The largest absolute Gasteiger partial charge is 0.306 e. The average Bonchev–Trinajstić information content (AvgIpc) is 3.26. The third-order valence-corrected chi connectivity index (χ3v) is 5.85. The van der Waals surface area contributed by atoms with Gasteiger partial charge in [-0.3, -0.25) is 19.3 Å². The number of carbonyl (C=O) groups is 3. The molecule has 0 atom stereocenters. The number of carbonyl (C=O) groups excluding carboxylic acids is 3. The lowest BCUT2D eigenvalue weighted by Crippen LogP contribution is -2.31. The molecule has 2 heterocycles. The fourth-order valence-electron chi connectivity index (χ4n) is 3.16. The van der Waals surface area contributed by atoms with E-state index in [2.05, 4.69) is 22.1 Å². The number of benzene rings is 1. The summed E-state index contributed by atoms with van der Waals surface area (Å²) in [6.07, 6.45) is 4.88. The number of hydrogen-bond acceptors (Lipinski definition) is 6. The number of fused-ring (bicyclic) bond motifs is 1. The number of rotatable bonds is 10. The lowest BCUT2D eigenvalue weighted by atomic mass is 10.1. The molecule has 29 heavy (non-hydrogen) atoms. The molecule has 7 nitrogen and oxygen atoms in total. The number of nitrogens with one attached hydrogen (secondary N) is 1. The maximum atomic E-state index is 12.4. The van der Waals surface area contributed by atoms with Crippen molar-refractivity contribution < 1.29 is 14.4 Å². The Labute approximate surface area is 174 Å². The summed E-state index contributed by atoms with van der Waals surface area (Å²) in [5, 5.41) is 3.37. The van der Waals surface area contributed by atoms with E-state index < -0.39 is 0 Å². The van der Waals surface area contributed by atoms with Gasteiger partial charge in [-0.25, -0.2) is 4.98 Å². The Morgan fingerprint density at radius 3 is 2.52 bits per heavy atom. The molecule has 154 valence electrons. The fourth-order valence-corrected chi connectivity index (χ4v) is 3.98. The highest BCUT2D eigenvalue weighted by Crippen LogP contribution is 2.24. The Bertz CT molecular complexity index is 861. The zero-order chi connectivity index (χ0) is 20.8. The molecule has 0 saturated heterocycles. The summed E-state index contributed by atoms with van der Waals surface area (Å²) in [7, 11) is 2.02. The van der Waals surface area contributed by atoms with Crippen LogP contribution in [-0.2, 0) is 11.2 Å². The minimum Gasteiger partial charge on any atom is -0.306 e. The Hall–Kier alpha value is -2.58. The first kappa shape index (κ1) is 21.1. The SMILES string of the molecule is CCCCN(C)CCC(=O)Nc1ncc(CCN2C(=O)c3ccccc3C2=O)s1. The van der Waals surface area contributed by atoms with Gasteiger partial charge in [-0.05, 0) is 32.1 Å². The summed E-state index contributed by atoms with van der Waals surface area (Å²) in [5.74, 6) is -0.568. The first-order chi connectivity index (χ1) is 14.0. The predicted molar refractivity (Wildman–Crippen MR) is 113 cm³/mol. The average molecular weight is 415 g/mol. The summed E-state index contributed by atoms with van der Waals surface area (Å²) in [6.45, 7) is 4.14. The van der Waals surface area contributed by atoms with E-state index in [0.717, 1.165) is 24.3 Å². The maximum absolute atomic E-state index is 12.4. The van der Waals surface area contributed by atoms with E-state index in [1.807, 2.05) is 7.05 Å². The lowest BCUT2D eigenvalue weighted by Gasteiger charge is -2.15. The molecule has 1 aromatic carbocycles. The summed E-state index contributed by atoms with van der Waals surface area (Å²) in [6, 6.07) is 6.87. The predicted octanol–water partition coefficient (Wildman–Crippen LogP) is 3.04. The molecular formula is C21H26N4O3S. The van der Waals surface area contributed by atoms with Crippen molar-refractivity contribution in [2.24, 2.45) is 0 Å². The van der Waals surface area contributed by atoms with Crippen molar-refractivity contribution in [3.8, 4) is 0 Å². The van der Waals surface area contributed by atoms with Crippen LogP contribution < -0.4 is 5.32 Å². The zero-order valence-corrected chi connectivity index (χ0v) is 17.6. The monoisotopic (exact) mass is 414 g/mol. The normalized spacial score (nSPS) is 13.3. The second-order valence-electron chi connectivity index (χ2n) is 7.14. The Balaban J connectivity index is 1.47. The molecule has 0 fully saturated rings. The molecular weight excluding hydrogens is 388 g/mol. The number of nitrogens with zero attached hydrogens (tertiary/aromatic N) is 3. The molecule has 8 heteroatoms. The van der Waals surface area contributed by atoms with Crippen molar-refractivity contribution in [2.45, 2.75) is 32.6 Å². The molecule has 0 bridgehead atoms. The van der Waals surface area contributed by atoms with Crippen molar-refractivity contribution >= 4 is 34.2 Å². The highest BCUT2D eigenvalue weighted by Gasteiger charge is 2.34. The van der Waals surface area contributed by atoms with E-state index in [1.165, 1.54) is 16.2 Å². The van der Waals surface area contributed by atoms with Crippen LogP contribution in [0.5, 0.6) is 0 Å². The van der Waals surface area contributed by atoms with Gasteiger partial charge in [0.05, 0.1) is 11.1 Å². The van der Waals surface area contributed by atoms with Gasteiger partial charge >= 0.3 is 0 Å². The van der Waals surface area contributed by atoms with Crippen LogP contribution in [0.1, 0.15) is 51.8 Å². The number of hydrogen-bond donors (Lipinski definition) is 1.